The van der Waals surface area contributed by atoms with Crippen molar-refractivity contribution in [2.45, 2.75) is 13.0 Å². The fraction of sp³-hybridized carbons (Fsp3) is 0.192. The second-order valence-electron chi connectivity index (χ2n) is 7.46. The molecule has 4 nitrogen and oxygen atoms in total. The molecular formula is C26H24NO3+. The maximum absolute atomic E-state index is 5.62. The number of ether oxygens (including phenoxy) is 3. The number of hydrogen-bond acceptors (Lipinski definition) is 3. The summed E-state index contributed by atoms with van der Waals surface area (Å²) in [6.45, 7) is 0.898. The molecule has 0 saturated carbocycles. The molecule has 0 amide bonds. The number of pyridine rings is 1. The molecule has 0 saturated heterocycles. The predicted molar refractivity (Wildman–Crippen MR) is 118 cm³/mol. The van der Waals surface area contributed by atoms with Gasteiger partial charge in [-0.05, 0) is 47.3 Å². The zero-order valence-electron chi connectivity index (χ0n) is 17.4. The molecule has 1 aliphatic rings. The Balaban J connectivity index is 1.84. The van der Waals surface area contributed by atoms with E-state index in [4.69, 9.17) is 14.2 Å². The standard InChI is InChI=1S/C26H24NO3/c1-28-20-9-6-8-19(13-20)23-14-17-7-4-5-10-21(17)26-22-16-25(30-3)24(29-2)15-18(22)11-12-27(23)26/h4-10,13-16H,11-12H2,1-3H3/q+1. The fourth-order valence-corrected chi connectivity index (χ4v) is 4.45. The van der Waals surface area contributed by atoms with Crippen molar-refractivity contribution < 1.29 is 18.8 Å². The van der Waals surface area contributed by atoms with Gasteiger partial charge in [-0.3, -0.25) is 0 Å². The molecule has 3 aromatic carbocycles. The number of aryl methyl sites for hydroxylation is 1. The molecule has 30 heavy (non-hydrogen) atoms. The molecule has 1 aromatic heterocycles. The summed E-state index contributed by atoms with van der Waals surface area (Å²) in [4.78, 5) is 0. The third-order valence-corrected chi connectivity index (χ3v) is 5.90. The van der Waals surface area contributed by atoms with Crippen molar-refractivity contribution in [2.75, 3.05) is 21.3 Å². The third-order valence-electron chi connectivity index (χ3n) is 5.90. The van der Waals surface area contributed by atoms with Gasteiger partial charge in [0.1, 0.15) is 5.75 Å². The minimum Gasteiger partial charge on any atom is -0.497 e. The van der Waals surface area contributed by atoms with Gasteiger partial charge in [-0.2, -0.15) is 4.57 Å². The first-order valence-corrected chi connectivity index (χ1v) is 10.1. The zero-order valence-corrected chi connectivity index (χ0v) is 17.4. The number of nitrogens with zero attached hydrogens (tertiary/aromatic N) is 1. The first kappa shape index (κ1) is 18.5. The summed E-state index contributed by atoms with van der Waals surface area (Å²) in [6.07, 6.45) is 0.933. The van der Waals surface area contributed by atoms with Gasteiger partial charge in [0, 0.05) is 18.1 Å². The maximum atomic E-state index is 5.62. The van der Waals surface area contributed by atoms with E-state index in [1.807, 2.05) is 12.1 Å². The number of rotatable bonds is 4. The first-order valence-electron chi connectivity index (χ1n) is 10.1. The number of methoxy groups -OCH3 is 3. The lowest BCUT2D eigenvalue weighted by molar-refractivity contribution is -0.675. The topological polar surface area (TPSA) is 31.6 Å². The summed E-state index contributed by atoms with van der Waals surface area (Å²) in [6, 6.07) is 23.3. The molecule has 150 valence electrons. The minimum atomic E-state index is 0.751. The molecule has 4 aromatic rings. The Labute approximate surface area is 176 Å². The van der Waals surface area contributed by atoms with Crippen LogP contribution in [-0.4, -0.2) is 21.3 Å². The van der Waals surface area contributed by atoms with Gasteiger partial charge in [0.15, 0.2) is 18.0 Å². The largest absolute Gasteiger partial charge is 0.497 e. The molecule has 0 spiro atoms. The molecule has 1 aliphatic heterocycles. The van der Waals surface area contributed by atoms with Gasteiger partial charge in [-0.25, -0.2) is 0 Å². The fourth-order valence-electron chi connectivity index (χ4n) is 4.45. The number of fused-ring (bicyclic) bond motifs is 5. The van der Waals surface area contributed by atoms with E-state index in [0.29, 0.717) is 0 Å². The van der Waals surface area contributed by atoms with Gasteiger partial charge < -0.3 is 14.2 Å². The van der Waals surface area contributed by atoms with Crippen molar-refractivity contribution in [1.29, 1.82) is 0 Å². The molecule has 0 N–H and O–H groups in total. The van der Waals surface area contributed by atoms with Gasteiger partial charge >= 0.3 is 0 Å². The van der Waals surface area contributed by atoms with Gasteiger partial charge in [0.2, 0.25) is 11.4 Å². The number of aromatic nitrogens is 1. The molecule has 0 atom stereocenters. The summed E-state index contributed by atoms with van der Waals surface area (Å²) < 4.78 is 19.1. The van der Waals surface area contributed by atoms with Gasteiger partial charge in [0.25, 0.3) is 0 Å². The summed E-state index contributed by atoms with van der Waals surface area (Å²) in [7, 11) is 5.08. The highest BCUT2D eigenvalue weighted by atomic mass is 16.5. The molecule has 0 bridgehead atoms. The molecule has 2 heterocycles. The monoisotopic (exact) mass is 398 g/mol. The van der Waals surface area contributed by atoms with Crippen molar-refractivity contribution in [1.82, 2.24) is 0 Å². The lowest BCUT2D eigenvalue weighted by atomic mass is 9.91. The minimum absolute atomic E-state index is 0.751. The quantitative estimate of drug-likeness (QED) is 0.451. The highest BCUT2D eigenvalue weighted by Crippen LogP contribution is 2.40. The Hall–Kier alpha value is -3.53. The molecule has 5 rings (SSSR count). The lowest BCUT2D eigenvalue weighted by Crippen LogP contribution is -2.42. The van der Waals surface area contributed by atoms with E-state index in [0.717, 1.165) is 35.8 Å². The summed E-state index contributed by atoms with van der Waals surface area (Å²) >= 11 is 0. The third kappa shape index (κ3) is 2.88. The van der Waals surface area contributed by atoms with E-state index in [1.165, 1.54) is 33.3 Å². The van der Waals surface area contributed by atoms with Crippen LogP contribution in [0.1, 0.15) is 5.56 Å². The average Bonchev–Trinajstić information content (AvgIpc) is 2.82. The van der Waals surface area contributed by atoms with Crippen molar-refractivity contribution in [2.24, 2.45) is 0 Å². The van der Waals surface area contributed by atoms with E-state index in [2.05, 4.69) is 59.2 Å². The predicted octanol–water partition coefficient (Wildman–Crippen LogP) is 5.04. The molecule has 0 unspecified atom stereocenters. The first-order chi connectivity index (χ1) is 14.7. The van der Waals surface area contributed by atoms with Crippen molar-refractivity contribution in [3.63, 3.8) is 0 Å². The molecule has 0 radical (unpaired) electrons. The van der Waals surface area contributed by atoms with Crippen LogP contribution in [0.5, 0.6) is 17.2 Å². The van der Waals surface area contributed by atoms with Gasteiger partial charge in [-0.1, -0.05) is 24.3 Å². The maximum Gasteiger partial charge on any atom is 0.221 e. The van der Waals surface area contributed by atoms with Gasteiger partial charge in [0.05, 0.1) is 32.3 Å². The van der Waals surface area contributed by atoms with Gasteiger partial charge in [-0.15, -0.1) is 0 Å². The molecule has 0 fully saturated rings. The Bertz CT molecular complexity index is 1260. The van der Waals surface area contributed by atoms with Crippen molar-refractivity contribution in [3.05, 3.63) is 72.3 Å². The molecule has 0 aliphatic carbocycles. The highest BCUT2D eigenvalue weighted by molar-refractivity contribution is 5.96. The van der Waals surface area contributed by atoms with Crippen LogP contribution in [0, 0.1) is 0 Å². The van der Waals surface area contributed by atoms with Crippen LogP contribution in [0.25, 0.3) is 33.3 Å². The van der Waals surface area contributed by atoms with Crippen LogP contribution in [0.3, 0.4) is 0 Å². The smallest absolute Gasteiger partial charge is 0.221 e. The zero-order chi connectivity index (χ0) is 20.7. The van der Waals surface area contributed by atoms with Crippen LogP contribution in [-0.2, 0) is 13.0 Å². The Morgan fingerprint density at radius 2 is 1.57 bits per heavy atom. The van der Waals surface area contributed by atoms with Crippen LogP contribution < -0.4 is 18.8 Å². The van der Waals surface area contributed by atoms with E-state index < -0.39 is 0 Å². The number of hydrogen-bond donors (Lipinski definition) is 0. The lowest BCUT2D eigenvalue weighted by Gasteiger charge is -2.21. The molecular weight excluding hydrogens is 374 g/mol. The van der Waals surface area contributed by atoms with Crippen LogP contribution >= 0.6 is 0 Å². The van der Waals surface area contributed by atoms with Crippen LogP contribution in [0.4, 0.5) is 0 Å². The average molecular weight is 398 g/mol. The van der Waals surface area contributed by atoms with E-state index in [9.17, 15) is 0 Å². The molecule has 4 heteroatoms. The SMILES string of the molecule is COc1cccc(-c2cc3ccccc3c3[n+]2CCc2cc(OC)c(OC)cc2-3)c1. The Morgan fingerprint density at radius 1 is 0.767 bits per heavy atom. The summed E-state index contributed by atoms with van der Waals surface area (Å²) in [5.41, 5.74) is 6.02. The summed E-state index contributed by atoms with van der Waals surface area (Å²) in [5, 5.41) is 2.45. The Kier molecular flexibility index (Phi) is 4.55. The number of benzene rings is 3. The van der Waals surface area contributed by atoms with Crippen LogP contribution in [0.2, 0.25) is 0 Å². The van der Waals surface area contributed by atoms with Crippen molar-refractivity contribution >= 4 is 10.8 Å². The van der Waals surface area contributed by atoms with E-state index in [-0.39, 0.29) is 0 Å². The Morgan fingerprint density at radius 3 is 2.37 bits per heavy atom. The second-order valence-corrected chi connectivity index (χ2v) is 7.46. The van der Waals surface area contributed by atoms with Crippen LogP contribution in [0.15, 0.2) is 66.7 Å². The normalized spacial score (nSPS) is 12.2. The van der Waals surface area contributed by atoms with E-state index >= 15 is 0 Å². The second kappa shape index (κ2) is 7.38. The summed E-state index contributed by atoms with van der Waals surface area (Å²) in [5.74, 6) is 2.39. The van der Waals surface area contributed by atoms with Crippen molar-refractivity contribution in [3.8, 4) is 39.8 Å². The highest BCUT2D eigenvalue weighted by Gasteiger charge is 2.31. The van der Waals surface area contributed by atoms with E-state index in [1.54, 1.807) is 21.3 Å².